The topological polar surface area (TPSA) is 76.3 Å². The van der Waals surface area contributed by atoms with Gasteiger partial charge in [0, 0.05) is 25.9 Å². The van der Waals surface area contributed by atoms with Crippen LogP contribution in [0.4, 0.5) is 5.69 Å². The van der Waals surface area contributed by atoms with Crippen LogP contribution in [0.2, 0.25) is 0 Å². The van der Waals surface area contributed by atoms with E-state index < -0.39 is 10.0 Å². The van der Waals surface area contributed by atoms with Crippen molar-refractivity contribution in [2.75, 3.05) is 11.4 Å². The molecule has 2 N–H and O–H groups in total. The van der Waals surface area contributed by atoms with Crippen LogP contribution in [0.15, 0.2) is 53.7 Å². The normalized spacial score (nSPS) is 11.1. The Morgan fingerprint density at radius 3 is 2.29 bits per heavy atom. The van der Waals surface area contributed by atoms with Gasteiger partial charge in [-0.2, -0.15) is 0 Å². The summed E-state index contributed by atoms with van der Waals surface area (Å²) in [5.74, 6) is 0. The molecule has 1 aromatic carbocycles. The van der Waals surface area contributed by atoms with Crippen molar-refractivity contribution in [3.05, 3.63) is 54.4 Å². The van der Waals surface area contributed by atoms with Crippen LogP contribution in [0.1, 0.15) is 5.56 Å². The Bertz CT molecular complexity index is 729. The van der Waals surface area contributed by atoms with Crippen molar-refractivity contribution >= 4 is 32.9 Å². The number of rotatable bonds is 5. The Morgan fingerprint density at radius 2 is 1.76 bits per heavy atom. The van der Waals surface area contributed by atoms with Crippen molar-refractivity contribution in [2.24, 2.45) is 5.73 Å². The summed E-state index contributed by atoms with van der Waals surface area (Å²) in [6.45, 7) is 0. The minimum absolute atomic E-state index is 0.216. The Hall–Kier alpha value is -1.99. The van der Waals surface area contributed by atoms with E-state index in [0.29, 0.717) is 17.1 Å². The molecule has 0 fully saturated rings. The minimum Gasteiger partial charge on any atom is -0.393 e. The van der Waals surface area contributed by atoms with Crippen LogP contribution < -0.4 is 10.0 Å². The molecule has 0 aliphatic carbocycles. The smallest absolute Gasteiger partial charge is 0.264 e. The van der Waals surface area contributed by atoms with E-state index in [-0.39, 0.29) is 4.90 Å². The van der Waals surface area contributed by atoms with Crippen LogP contribution in [-0.2, 0) is 16.4 Å². The largest absolute Gasteiger partial charge is 0.393 e. The van der Waals surface area contributed by atoms with Crippen LogP contribution in [0.5, 0.6) is 0 Å². The second-order valence-electron chi connectivity index (χ2n) is 4.46. The third kappa shape index (κ3) is 3.56. The monoisotopic (exact) mass is 321 g/mol. The van der Waals surface area contributed by atoms with Gasteiger partial charge < -0.3 is 5.73 Å². The predicted octanol–water partition coefficient (Wildman–Crippen LogP) is 1.74. The molecular formula is C14H15N3O2S2. The van der Waals surface area contributed by atoms with E-state index in [2.05, 4.69) is 4.98 Å². The number of hydrogen-bond acceptors (Lipinski definition) is 4. The van der Waals surface area contributed by atoms with Gasteiger partial charge in [-0.25, -0.2) is 8.42 Å². The van der Waals surface area contributed by atoms with Crippen molar-refractivity contribution in [3.8, 4) is 0 Å². The van der Waals surface area contributed by atoms with Crippen LogP contribution in [-0.4, -0.2) is 25.4 Å². The molecule has 5 nitrogen and oxygen atoms in total. The average Bonchev–Trinajstić information content (AvgIpc) is 2.47. The number of sulfonamides is 1. The molecular weight excluding hydrogens is 306 g/mol. The number of pyridine rings is 1. The van der Waals surface area contributed by atoms with Crippen molar-refractivity contribution in [2.45, 2.75) is 11.3 Å². The number of nitrogens with zero attached hydrogens (tertiary/aromatic N) is 2. The van der Waals surface area contributed by atoms with E-state index in [1.807, 2.05) is 0 Å². The zero-order chi connectivity index (χ0) is 15.5. The summed E-state index contributed by atoms with van der Waals surface area (Å²) in [5.41, 5.74) is 6.91. The van der Waals surface area contributed by atoms with Crippen LogP contribution >= 0.6 is 12.2 Å². The third-order valence-electron chi connectivity index (χ3n) is 2.99. The van der Waals surface area contributed by atoms with E-state index in [1.54, 1.807) is 48.8 Å². The van der Waals surface area contributed by atoms with E-state index in [0.717, 1.165) is 5.56 Å². The van der Waals surface area contributed by atoms with Gasteiger partial charge in [0.1, 0.15) is 0 Å². The molecule has 0 amide bonds. The highest BCUT2D eigenvalue weighted by Gasteiger charge is 2.20. The lowest BCUT2D eigenvalue weighted by Crippen LogP contribution is -2.26. The van der Waals surface area contributed by atoms with E-state index >= 15 is 0 Å². The fourth-order valence-electron chi connectivity index (χ4n) is 1.83. The van der Waals surface area contributed by atoms with Crippen molar-refractivity contribution < 1.29 is 8.42 Å². The fourth-order valence-corrected chi connectivity index (χ4v) is 3.19. The lowest BCUT2D eigenvalue weighted by molar-refractivity contribution is 0.594. The molecule has 0 radical (unpaired) electrons. The lowest BCUT2D eigenvalue weighted by atomic mass is 10.1. The number of anilines is 1. The summed E-state index contributed by atoms with van der Waals surface area (Å²) < 4.78 is 26.3. The van der Waals surface area contributed by atoms with Gasteiger partial charge in [0.05, 0.1) is 15.6 Å². The zero-order valence-electron chi connectivity index (χ0n) is 11.4. The molecule has 0 aliphatic heterocycles. The molecule has 0 unspecified atom stereocenters. The first-order chi connectivity index (χ1) is 9.91. The molecule has 0 bridgehead atoms. The van der Waals surface area contributed by atoms with Crippen molar-refractivity contribution in [3.63, 3.8) is 0 Å². The standard InChI is InChI=1S/C14H15N3O2S2/c1-17(12-6-8-16-9-7-12)21(18,19)13-4-2-11(3-5-13)10-14(15)20/h2-9H,10H2,1H3,(H2,15,20). The molecule has 0 saturated heterocycles. The van der Waals surface area contributed by atoms with Gasteiger partial charge >= 0.3 is 0 Å². The van der Waals surface area contributed by atoms with Gasteiger partial charge in [0.25, 0.3) is 10.0 Å². The second-order valence-corrected chi connectivity index (χ2v) is 6.96. The molecule has 110 valence electrons. The molecule has 1 aromatic heterocycles. The van der Waals surface area contributed by atoms with Crippen LogP contribution in [0, 0.1) is 0 Å². The molecule has 0 aliphatic rings. The number of aromatic nitrogens is 1. The average molecular weight is 321 g/mol. The van der Waals surface area contributed by atoms with E-state index in [1.165, 1.54) is 11.4 Å². The van der Waals surface area contributed by atoms with Crippen LogP contribution in [0.25, 0.3) is 0 Å². The molecule has 2 aromatic rings. The predicted molar refractivity (Wildman–Crippen MR) is 86.8 cm³/mol. The SMILES string of the molecule is CN(c1ccncc1)S(=O)(=O)c1ccc(CC(N)=S)cc1. The Morgan fingerprint density at radius 1 is 1.19 bits per heavy atom. The molecule has 21 heavy (non-hydrogen) atoms. The number of hydrogen-bond donors (Lipinski definition) is 1. The maximum absolute atomic E-state index is 12.5. The highest BCUT2D eigenvalue weighted by Crippen LogP contribution is 2.21. The first-order valence-corrected chi connectivity index (χ1v) is 8.02. The highest BCUT2D eigenvalue weighted by molar-refractivity contribution is 7.92. The second kappa shape index (κ2) is 6.19. The number of benzene rings is 1. The van der Waals surface area contributed by atoms with Crippen LogP contribution in [0.3, 0.4) is 0 Å². The summed E-state index contributed by atoms with van der Waals surface area (Å²) >= 11 is 4.83. The van der Waals surface area contributed by atoms with E-state index in [9.17, 15) is 8.42 Å². The maximum Gasteiger partial charge on any atom is 0.264 e. The van der Waals surface area contributed by atoms with Crippen molar-refractivity contribution in [1.29, 1.82) is 0 Å². The molecule has 0 atom stereocenters. The first-order valence-electron chi connectivity index (χ1n) is 6.17. The minimum atomic E-state index is -3.60. The molecule has 7 heteroatoms. The summed E-state index contributed by atoms with van der Waals surface area (Å²) in [6.07, 6.45) is 3.55. The fraction of sp³-hybridized carbons (Fsp3) is 0.143. The molecule has 1 heterocycles. The maximum atomic E-state index is 12.5. The molecule has 0 spiro atoms. The van der Waals surface area contributed by atoms with Gasteiger partial charge in [-0.05, 0) is 29.8 Å². The lowest BCUT2D eigenvalue weighted by Gasteiger charge is -2.19. The van der Waals surface area contributed by atoms with Gasteiger partial charge in [0.2, 0.25) is 0 Å². The Balaban J connectivity index is 2.29. The van der Waals surface area contributed by atoms with E-state index in [4.69, 9.17) is 18.0 Å². The highest BCUT2D eigenvalue weighted by atomic mass is 32.2. The zero-order valence-corrected chi connectivity index (χ0v) is 13.1. The summed E-state index contributed by atoms with van der Waals surface area (Å²) in [7, 11) is -2.09. The number of thiocarbonyl (C=S) groups is 1. The molecule has 2 rings (SSSR count). The quantitative estimate of drug-likeness (QED) is 0.849. The number of nitrogens with two attached hydrogens (primary N) is 1. The van der Waals surface area contributed by atoms with Gasteiger partial charge in [0.15, 0.2) is 0 Å². The molecule has 0 saturated carbocycles. The van der Waals surface area contributed by atoms with Gasteiger partial charge in [-0.3, -0.25) is 9.29 Å². The summed E-state index contributed by atoms with van der Waals surface area (Å²) in [4.78, 5) is 4.47. The Labute approximate surface area is 129 Å². The Kier molecular flexibility index (Phi) is 4.54. The van der Waals surface area contributed by atoms with Gasteiger partial charge in [-0.15, -0.1) is 0 Å². The first kappa shape index (κ1) is 15.4. The summed E-state index contributed by atoms with van der Waals surface area (Å²) in [5, 5.41) is 0. The van der Waals surface area contributed by atoms with Gasteiger partial charge in [-0.1, -0.05) is 24.4 Å². The third-order valence-corrected chi connectivity index (χ3v) is 4.93. The summed E-state index contributed by atoms with van der Waals surface area (Å²) in [6, 6.07) is 9.82. The van der Waals surface area contributed by atoms with Crippen molar-refractivity contribution in [1.82, 2.24) is 4.98 Å².